The summed E-state index contributed by atoms with van der Waals surface area (Å²) in [5.41, 5.74) is 2.03. The standard InChI is InChI=1S/C15H16N2O4/c1-9-2-5-11(16-13(18)6-7-14(19)20)8-12(9)17-15(21)10-3-4-10/h2,5-8,10H,3-4H2,1H3,(H,16,18)(H,17,21)(H,19,20)/b7-6+. The molecule has 110 valence electrons. The van der Waals surface area contributed by atoms with E-state index in [9.17, 15) is 14.4 Å². The van der Waals surface area contributed by atoms with Crippen molar-refractivity contribution in [2.45, 2.75) is 19.8 Å². The molecule has 3 N–H and O–H groups in total. The van der Waals surface area contributed by atoms with Gasteiger partial charge in [0.15, 0.2) is 0 Å². The maximum absolute atomic E-state index is 11.8. The Morgan fingerprint density at radius 3 is 2.52 bits per heavy atom. The Bertz CT molecular complexity index is 618. The van der Waals surface area contributed by atoms with Gasteiger partial charge in [-0.2, -0.15) is 0 Å². The molecule has 1 aliphatic rings. The highest BCUT2D eigenvalue weighted by Crippen LogP contribution is 2.31. The average Bonchev–Trinajstić information content (AvgIpc) is 3.24. The van der Waals surface area contributed by atoms with Crippen LogP contribution in [0.3, 0.4) is 0 Å². The van der Waals surface area contributed by atoms with Crippen LogP contribution in [0, 0.1) is 12.8 Å². The van der Waals surface area contributed by atoms with E-state index in [4.69, 9.17) is 5.11 Å². The number of nitrogens with one attached hydrogen (secondary N) is 2. The molecule has 1 aliphatic carbocycles. The quantitative estimate of drug-likeness (QED) is 0.721. The summed E-state index contributed by atoms with van der Waals surface area (Å²) in [6, 6.07) is 5.12. The van der Waals surface area contributed by atoms with Gasteiger partial charge in [0.1, 0.15) is 0 Å². The third-order valence-corrected chi connectivity index (χ3v) is 3.09. The van der Waals surface area contributed by atoms with Crippen LogP contribution in [0.2, 0.25) is 0 Å². The summed E-state index contributed by atoms with van der Waals surface area (Å²) < 4.78 is 0. The van der Waals surface area contributed by atoms with E-state index in [1.807, 2.05) is 6.92 Å². The van der Waals surface area contributed by atoms with Crippen molar-refractivity contribution in [3.05, 3.63) is 35.9 Å². The average molecular weight is 288 g/mol. The number of hydrogen-bond donors (Lipinski definition) is 3. The third kappa shape index (κ3) is 4.45. The van der Waals surface area contributed by atoms with E-state index >= 15 is 0 Å². The number of carboxylic acid groups (broad SMARTS) is 1. The van der Waals surface area contributed by atoms with Gasteiger partial charge in [-0.1, -0.05) is 6.07 Å². The molecule has 0 atom stereocenters. The van der Waals surface area contributed by atoms with Crippen molar-refractivity contribution >= 4 is 29.2 Å². The SMILES string of the molecule is Cc1ccc(NC(=O)/C=C/C(=O)O)cc1NC(=O)C1CC1. The number of anilines is 2. The van der Waals surface area contributed by atoms with Crippen LogP contribution in [-0.2, 0) is 14.4 Å². The van der Waals surface area contributed by atoms with Crippen molar-refractivity contribution in [1.82, 2.24) is 0 Å². The first-order valence-electron chi connectivity index (χ1n) is 6.59. The summed E-state index contributed by atoms with van der Waals surface area (Å²) in [4.78, 5) is 33.6. The number of rotatable bonds is 5. The topological polar surface area (TPSA) is 95.5 Å². The molecule has 6 heteroatoms. The number of hydrogen-bond acceptors (Lipinski definition) is 3. The molecule has 0 spiro atoms. The lowest BCUT2D eigenvalue weighted by atomic mass is 10.1. The summed E-state index contributed by atoms with van der Waals surface area (Å²) in [5.74, 6) is -1.64. The molecule has 1 aromatic rings. The van der Waals surface area contributed by atoms with Crippen LogP contribution in [0.1, 0.15) is 18.4 Å². The van der Waals surface area contributed by atoms with Crippen molar-refractivity contribution in [2.24, 2.45) is 5.92 Å². The predicted molar refractivity (Wildman–Crippen MR) is 77.9 cm³/mol. The van der Waals surface area contributed by atoms with Gasteiger partial charge < -0.3 is 15.7 Å². The summed E-state index contributed by atoms with van der Waals surface area (Å²) in [6.07, 6.45) is 3.53. The van der Waals surface area contributed by atoms with Gasteiger partial charge in [-0.3, -0.25) is 9.59 Å². The molecule has 2 rings (SSSR count). The zero-order chi connectivity index (χ0) is 15.4. The van der Waals surface area contributed by atoms with Crippen molar-refractivity contribution in [2.75, 3.05) is 10.6 Å². The van der Waals surface area contributed by atoms with Crippen molar-refractivity contribution in [3.63, 3.8) is 0 Å². The molecule has 21 heavy (non-hydrogen) atoms. The van der Waals surface area contributed by atoms with E-state index in [-0.39, 0.29) is 11.8 Å². The van der Waals surface area contributed by atoms with Gasteiger partial charge in [0.25, 0.3) is 0 Å². The van der Waals surface area contributed by atoms with Gasteiger partial charge in [0.2, 0.25) is 11.8 Å². The number of amides is 2. The number of aliphatic carboxylic acids is 1. The van der Waals surface area contributed by atoms with Gasteiger partial charge in [0.05, 0.1) is 0 Å². The second kappa shape index (κ2) is 6.21. The monoisotopic (exact) mass is 288 g/mol. The Hall–Kier alpha value is -2.63. The van der Waals surface area contributed by atoms with Crippen LogP contribution in [0.4, 0.5) is 11.4 Å². The Morgan fingerprint density at radius 2 is 1.90 bits per heavy atom. The Balaban J connectivity index is 2.05. The van der Waals surface area contributed by atoms with Gasteiger partial charge in [-0.05, 0) is 37.5 Å². The summed E-state index contributed by atoms with van der Waals surface area (Å²) in [5, 5.41) is 13.8. The molecule has 6 nitrogen and oxygen atoms in total. The van der Waals surface area contributed by atoms with Gasteiger partial charge in [-0.25, -0.2) is 4.79 Å². The molecule has 1 fully saturated rings. The first kappa shape index (κ1) is 14.8. The molecular weight excluding hydrogens is 272 g/mol. The first-order chi connectivity index (χ1) is 9.95. The minimum Gasteiger partial charge on any atom is -0.478 e. The Kier molecular flexibility index (Phi) is 4.37. The zero-order valence-corrected chi connectivity index (χ0v) is 11.6. The van der Waals surface area contributed by atoms with E-state index < -0.39 is 11.9 Å². The van der Waals surface area contributed by atoms with Crippen molar-refractivity contribution in [3.8, 4) is 0 Å². The van der Waals surface area contributed by atoms with Crippen LogP contribution in [0.5, 0.6) is 0 Å². The lowest BCUT2D eigenvalue weighted by Crippen LogP contribution is -2.15. The van der Waals surface area contributed by atoms with Gasteiger partial charge in [0, 0.05) is 29.4 Å². The van der Waals surface area contributed by atoms with E-state index in [2.05, 4.69) is 10.6 Å². The smallest absolute Gasteiger partial charge is 0.328 e. The number of aryl methyl sites for hydroxylation is 1. The first-order valence-corrected chi connectivity index (χ1v) is 6.59. The molecule has 0 radical (unpaired) electrons. The number of carbonyl (C=O) groups is 3. The van der Waals surface area contributed by atoms with Gasteiger partial charge in [-0.15, -0.1) is 0 Å². The summed E-state index contributed by atoms with van der Waals surface area (Å²) in [7, 11) is 0. The fourth-order valence-corrected chi connectivity index (χ4v) is 1.75. The Labute approximate surface area is 121 Å². The lowest BCUT2D eigenvalue weighted by Gasteiger charge is -2.10. The van der Waals surface area contributed by atoms with E-state index in [0.29, 0.717) is 11.4 Å². The second-order valence-electron chi connectivity index (χ2n) is 4.95. The predicted octanol–water partition coefficient (Wildman–Crippen LogP) is 1.92. The van der Waals surface area contributed by atoms with Crippen LogP contribution in [0.25, 0.3) is 0 Å². The second-order valence-corrected chi connectivity index (χ2v) is 4.95. The molecular formula is C15H16N2O4. The number of benzene rings is 1. The minimum absolute atomic E-state index is 0.00708. The van der Waals surface area contributed by atoms with E-state index in [0.717, 1.165) is 30.6 Å². The summed E-state index contributed by atoms with van der Waals surface area (Å²) >= 11 is 0. The van der Waals surface area contributed by atoms with E-state index in [1.165, 1.54) is 0 Å². The molecule has 0 saturated heterocycles. The van der Waals surface area contributed by atoms with Crippen LogP contribution >= 0.6 is 0 Å². The highest BCUT2D eigenvalue weighted by atomic mass is 16.4. The van der Waals surface area contributed by atoms with Crippen LogP contribution < -0.4 is 10.6 Å². The molecule has 0 aliphatic heterocycles. The lowest BCUT2D eigenvalue weighted by molar-refractivity contribution is -0.131. The molecule has 1 aromatic carbocycles. The number of carboxylic acids is 1. The normalized spacial score (nSPS) is 14.0. The summed E-state index contributed by atoms with van der Waals surface area (Å²) in [6.45, 7) is 1.86. The molecule has 0 bridgehead atoms. The molecule has 0 aromatic heterocycles. The minimum atomic E-state index is -1.19. The van der Waals surface area contributed by atoms with E-state index in [1.54, 1.807) is 18.2 Å². The maximum atomic E-state index is 11.8. The van der Waals surface area contributed by atoms with Crippen molar-refractivity contribution in [1.29, 1.82) is 0 Å². The van der Waals surface area contributed by atoms with Gasteiger partial charge >= 0.3 is 5.97 Å². The largest absolute Gasteiger partial charge is 0.478 e. The third-order valence-electron chi connectivity index (χ3n) is 3.09. The highest BCUT2D eigenvalue weighted by molar-refractivity contribution is 6.03. The molecule has 1 saturated carbocycles. The maximum Gasteiger partial charge on any atom is 0.328 e. The van der Waals surface area contributed by atoms with Crippen LogP contribution in [0.15, 0.2) is 30.4 Å². The molecule has 0 unspecified atom stereocenters. The van der Waals surface area contributed by atoms with Crippen LogP contribution in [-0.4, -0.2) is 22.9 Å². The van der Waals surface area contributed by atoms with Crippen molar-refractivity contribution < 1.29 is 19.5 Å². The number of carbonyl (C=O) groups excluding carboxylic acids is 2. The Morgan fingerprint density at radius 1 is 1.19 bits per heavy atom. The molecule has 0 heterocycles. The fraction of sp³-hybridized carbons (Fsp3) is 0.267. The zero-order valence-electron chi connectivity index (χ0n) is 11.6. The highest BCUT2D eigenvalue weighted by Gasteiger charge is 2.29. The molecule has 2 amide bonds. The fourth-order valence-electron chi connectivity index (χ4n) is 1.75.